The van der Waals surface area contributed by atoms with Gasteiger partial charge in [-0.05, 0) is 49.2 Å². The second kappa shape index (κ2) is 8.83. The molecule has 160 valence electrons. The van der Waals surface area contributed by atoms with Crippen molar-refractivity contribution in [3.63, 3.8) is 0 Å². The number of hydrogen-bond donors (Lipinski definition) is 3. The molecule has 9 heteroatoms. The lowest BCUT2D eigenvalue weighted by Gasteiger charge is -2.27. The molecule has 0 spiro atoms. The Morgan fingerprint density at radius 1 is 1.20 bits per heavy atom. The first kappa shape index (κ1) is 21.8. The van der Waals surface area contributed by atoms with Gasteiger partial charge in [-0.1, -0.05) is 19.1 Å². The van der Waals surface area contributed by atoms with Gasteiger partial charge in [0.25, 0.3) is 5.91 Å². The van der Waals surface area contributed by atoms with Crippen LogP contribution in [0.3, 0.4) is 0 Å². The highest BCUT2D eigenvalue weighted by molar-refractivity contribution is 7.90. The van der Waals surface area contributed by atoms with Crippen molar-refractivity contribution in [3.05, 3.63) is 59.4 Å². The van der Waals surface area contributed by atoms with Crippen molar-refractivity contribution >= 4 is 33.0 Å². The standard InChI is InChI=1S/C21H24FN3O4S/c1-3-13(2)23-20(26)15-7-8-17-18(10-15)25-21(27)19(24-17)12-30(28,29)11-14-5-4-6-16(22)9-14/h4-10,13,19,24H,3,11-12H2,1-2H3,(H,23,26)(H,25,27). The quantitative estimate of drug-likeness (QED) is 0.623. The molecule has 1 heterocycles. The van der Waals surface area contributed by atoms with Crippen LogP contribution in [0.4, 0.5) is 15.8 Å². The van der Waals surface area contributed by atoms with Gasteiger partial charge in [0, 0.05) is 11.6 Å². The number of halogens is 1. The van der Waals surface area contributed by atoms with Crippen LogP contribution in [0.5, 0.6) is 0 Å². The van der Waals surface area contributed by atoms with Crippen LogP contribution in [0.25, 0.3) is 0 Å². The van der Waals surface area contributed by atoms with E-state index in [1.54, 1.807) is 18.2 Å². The highest BCUT2D eigenvalue weighted by Crippen LogP contribution is 2.28. The van der Waals surface area contributed by atoms with Gasteiger partial charge < -0.3 is 16.0 Å². The monoisotopic (exact) mass is 433 g/mol. The van der Waals surface area contributed by atoms with E-state index in [-0.39, 0.29) is 17.7 Å². The Morgan fingerprint density at radius 2 is 1.97 bits per heavy atom. The summed E-state index contributed by atoms with van der Waals surface area (Å²) in [5.41, 5.74) is 1.66. The SMILES string of the molecule is CCC(C)NC(=O)c1ccc2c(c1)NC(=O)C(CS(=O)(=O)Cc1cccc(F)c1)N2. The molecule has 0 fully saturated rings. The van der Waals surface area contributed by atoms with Crippen molar-refractivity contribution in [2.24, 2.45) is 0 Å². The normalized spacial score (nSPS) is 16.8. The predicted molar refractivity (Wildman–Crippen MR) is 114 cm³/mol. The minimum Gasteiger partial charge on any atom is -0.371 e. The third-order valence-electron chi connectivity index (χ3n) is 4.87. The molecule has 0 aromatic heterocycles. The van der Waals surface area contributed by atoms with Gasteiger partial charge in [0.1, 0.15) is 11.9 Å². The molecule has 1 aliphatic rings. The number of sulfone groups is 1. The van der Waals surface area contributed by atoms with E-state index in [0.717, 1.165) is 12.5 Å². The number of hydrogen-bond acceptors (Lipinski definition) is 5. The van der Waals surface area contributed by atoms with Crippen LogP contribution in [0.1, 0.15) is 36.2 Å². The number of carbonyl (C=O) groups is 2. The van der Waals surface area contributed by atoms with E-state index in [2.05, 4.69) is 16.0 Å². The lowest BCUT2D eigenvalue weighted by Crippen LogP contribution is -2.43. The molecule has 0 aliphatic carbocycles. The van der Waals surface area contributed by atoms with Crippen molar-refractivity contribution in [2.75, 3.05) is 16.4 Å². The Bertz CT molecular complexity index is 1070. The van der Waals surface area contributed by atoms with Crippen LogP contribution in [0.15, 0.2) is 42.5 Å². The summed E-state index contributed by atoms with van der Waals surface area (Å²) in [6.07, 6.45) is 0.792. The average Bonchev–Trinajstić information content (AvgIpc) is 2.67. The summed E-state index contributed by atoms with van der Waals surface area (Å²) < 4.78 is 38.3. The Balaban J connectivity index is 1.71. The fourth-order valence-corrected chi connectivity index (χ4v) is 4.66. The summed E-state index contributed by atoms with van der Waals surface area (Å²) in [6.45, 7) is 3.86. The zero-order valence-electron chi connectivity index (χ0n) is 16.7. The Labute approximate surface area is 175 Å². The van der Waals surface area contributed by atoms with E-state index in [4.69, 9.17) is 0 Å². The third kappa shape index (κ3) is 5.35. The van der Waals surface area contributed by atoms with E-state index < -0.39 is 33.4 Å². The van der Waals surface area contributed by atoms with Crippen molar-refractivity contribution in [2.45, 2.75) is 38.1 Å². The maximum atomic E-state index is 13.3. The largest absolute Gasteiger partial charge is 0.371 e. The summed E-state index contributed by atoms with van der Waals surface area (Å²) in [6, 6.07) is 9.19. The van der Waals surface area contributed by atoms with Crippen LogP contribution in [-0.4, -0.2) is 38.1 Å². The third-order valence-corrected chi connectivity index (χ3v) is 6.49. The van der Waals surface area contributed by atoms with Gasteiger partial charge in [-0.3, -0.25) is 9.59 Å². The highest BCUT2D eigenvalue weighted by atomic mass is 32.2. The molecule has 2 aromatic carbocycles. The molecule has 7 nitrogen and oxygen atoms in total. The van der Waals surface area contributed by atoms with E-state index in [1.807, 2.05) is 13.8 Å². The molecule has 0 saturated carbocycles. The Hall–Kier alpha value is -2.94. The first-order chi connectivity index (χ1) is 14.2. The van der Waals surface area contributed by atoms with E-state index in [0.29, 0.717) is 22.5 Å². The summed E-state index contributed by atoms with van der Waals surface area (Å²) in [7, 11) is -3.68. The number of benzene rings is 2. The van der Waals surface area contributed by atoms with Crippen LogP contribution < -0.4 is 16.0 Å². The number of nitrogens with one attached hydrogen (secondary N) is 3. The van der Waals surface area contributed by atoms with E-state index in [9.17, 15) is 22.4 Å². The molecule has 3 rings (SSSR count). The van der Waals surface area contributed by atoms with Crippen molar-refractivity contribution in [1.82, 2.24) is 5.32 Å². The second-order valence-corrected chi connectivity index (χ2v) is 9.52. The molecular formula is C21H24FN3O4S. The molecule has 2 unspecified atom stereocenters. The number of anilines is 2. The van der Waals surface area contributed by atoms with E-state index in [1.165, 1.54) is 18.2 Å². The Morgan fingerprint density at radius 3 is 2.67 bits per heavy atom. The summed E-state index contributed by atoms with van der Waals surface area (Å²) >= 11 is 0. The lowest BCUT2D eigenvalue weighted by atomic mass is 10.1. The maximum absolute atomic E-state index is 13.3. The fraction of sp³-hybridized carbons (Fsp3) is 0.333. The van der Waals surface area contributed by atoms with Gasteiger partial charge in [-0.2, -0.15) is 0 Å². The minimum atomic E-state index is -3.68. The lowest BCUT2D eigenvalue weighted by molar-refractivity contribution is -0.116. The summed E-state index contributed by atoms with van der Waals surface area (Å²) in [4.78, 5) is 24.7. The van der Waals surface area contributed by atoms with Gasteiger partial charge >= 0.3 is 0 Å². The van der Waals surface area contributed by atoms with Crippen molar-refractivity contribution in [1.29, 1.82) is 0 Å². The predicted octanol–water partition coefficient (Wildman–Crippen LogP) is 2.70. The molecule has 30 heavy (non-hydrogen) atoms. The van der Waals surface area contributed by atoms with E-state index >= 15 is 0 Å². The topological polar surface area (TPSA) is 104 Å². The minimum absolute atomic E-state index is 0.0222. The molecular weight excluding hydrogens is 409 g/mol. The maximum Gasteiger partial charge on any atom is 0.251 e. The molecule has 2 aromatic rings. The van der Waals surface area contributed by atoms with Gasteiger partial charge in [0.2, 0.25) is 5.91 Å². The molecule has 3 N–H and O–H groups in total. The van der Waals surface area contributed by atoms with Crippen molar-refractivity contribution in [3.8, 4) is 0 Å². The van der Waals surface area contributed by atoms with Crippen LogP contribution in [0, 0.1) is 5.82 Å². The number of rotatable bonds is 7. The number of fused-ring (bicyclic) bond motifs is 1. The van der Waals surface area contributed by atoms with Gasteiger partial charge in [-0.15, -0.1) is 0 Å². The molecule has 0 saturated heterocycles. The molecule has 0 bridgehead atoms. The Kier molecular flexibility index (Phi) is 6.40. The fourth-order valence-electron chi connectivity index (χ4n) is 3.11. The van der Waals surface area contributed by atoms with Crippen LogP contribution >= 0.6 is 0 Å². The van der Waals surface area contributed by atoms with Crippen LogP contribution in [0.2, 0.25) is 0 Å². The van der Waals surface area contributed by atoms with Crippen molar-refractivity contribution < 1.29 is 22.4 Å². The molecule has 0 radical (unpaired) electrons. The zero-order chi connectivity index (χ0) is 21.9. The number of amides is 2. The van der Waals surface area contributed by atoms with Gasteiger partial charge in [0.15, 0.2) is 9.84 Å². The summed E-state index contributed by atoms with van der Waals surface area (Å²) in [5.74, 6) is -2.08. The molecule has 2 amide bonds. The number of carbonyl (C=O) groups excluding carboxylic acids is 2. The first-order valence-corrected chi connectivity index (χ1v) is 11.5. The average molecular weight is 434 g/mol. The highest BCUT2D eigenvalue weighted by Gasteiger charge is 2.30. The molecule has 1 aliphatic heterocycles. The smallest absolute Gasteiger partial charge is 0.251 e. The zero-order valence-corrected chi connectivity index (χ0v) is 17.6. The molecule has 2 atom stereocenters. The van der Waals surface area contributed by atoms with Gasteiger partial charge in [0.05, 0.1) is 22.9 Å². The second-order valence-electron chi connectivity index (χ2n) is 7.41. The van der Waals surface area contributed by atoms with Gasteiger partial charge in [-0.25, -0.2) is 12.8 Å². The first-order valence-electron chi connectivity index (χ1n) is 9.64. The summed E-state index contributed by atoms with van der Waals surface area (Å²) in [5, 5.41) is 8.44. The van der Waals surface area contributed by atoms with Crippen LogP contribution in [-0.2, 0) is 20.4 Å².